The van der Waals surface area contributed by atoms with E-state index in [2.05, 4.69) is 20.0 Å². The molecule has 0 saturated carbocycles. The quantitative estimate of drug-likeness (QED) is 0.781. The fraction of sp³-hybridized carbons (Fsp3) is 0.286. The molecule has 2 N–H and O–H groups in total. The van der Waals surface area contributed by atoms with E-state index in [0.717, 1.165) is 11.3 Å². The normalized spacial score (nSPS) is 10.3. The number of ether oxygens (including phenoxy) is 2. The van der Waals surface area contributed by atoms with Crippen molar-refractivity contribution in [3.63, 3.8) is 0 Å². The molecule has 6 nitrogen and oxygen atoms in total. The topological polar surface area (TPSA) is 76.2 Å². The summed E-state index contributed by atoms with van der Waals surface area (Å²) in [5.41, 5.74) is 2.44. The molecule has 20 heavy (non-hydrogen) atoms. The Balaban J connectivity index is 1.83. The SMILES string of the molecule is COC(=O)c1ccc(CNCc2ccc(OC)nc2)[nH]1. The number of nitrogens with one attached hydrogen (secondary N) is 2. The second kappa shape index (κ2) is 6.72. The molecule has 2 heterocycles. The molecule has 0 bridgehead atoms. The molecule has 6 heteroatoms. The molecule has 0 fully saturated rings. The van der Waals surface area contributed by atoms with E-state index in [1.807, 2.05) is 18.2 Å². The number of methoxy groups -OCH3 is 2. The Morgan fingerprint density at radius 2 is 2.10 bits per heavy atom. The minimum Gasteiger partial charge on any atom is -0.481 e. The van der Waals surface area contributed by atoms with Crippen LogP contribution in [0, 0.1) is 0 Å². The molecular formula is C14H17N3O3. The van der Waals surface area contributed by atoms with Gasteiger partial charge in [0.05, 0.1) is 14.2 Å². The Hall–Kier alpha value is -2.34. The van der Waals surface area contributed by atoms with Crippen LogP contribution >= 0.6 is 0 Å². The molecule has 0 radical (unpaired) electrons. The Morgan fingerprint density at radius 1 is 1.25 bits per heavy atom. The summed E-state index contributed by atoms with van der Waals surface area (Å²) >= 11 is 0. The van der Waals surface area contributed by atoms with Gasteiger partial charge in [0.15, 0.2) is 0 Å². The molecule has 0 spiro atoms. The Kier molecular flexibility index (Phi) is 4.73. The maximum atomic E-state index is 11.3. The largest absolute Gasteiger partial charge is 0.481 e. The van der Waals surface area contributed by atoms with Gasteiger partial charge in [-0.1, -0.05) is 6.07 Å². The summed E-state index contributed by atoms with van der Waals surface area (Å²) in [6, 6.07) is 7.33. The highest BCUT2D eigenvalue weighted by Gasteiger charge is 2.07. The van der Waals surface area contributed by atoms with Crippen LogP contribution in [0.25, 0.3) is 0 Å². The molecule has 0 unspecified atom stereocenters. The Labute approximate surface area is 117 Å². The van der Waals surface area contributed by atoms with Crippen LogP contribution in [0.4, 0.5) is 0 Å². The predicted octanol–water partition coefficient (Wildman–Crippen LogP) is 1.49. The summed E-state index contributed by atoms with van der Waals surface area (Å²) in [4.78, 5) is 18.4. The van der Waals surface area contributed by atoms with Crippen molar-refractivity contribution < 1.29 is 14.3 Å². The Morgan fingerprint density at radius 3 is 2.75 bits per heavy atom. The molecular weight excluding hydrogens is 258 g/mol. The van der Waals surface area contributed by atoms with E-state index in [-0.39, 0.29) is 5.97 Å². The first kappa shape index (κ1) is 14.1. The lowest BCUT2D eigenvalue weighted by atomic mass is 10.3. The molecule has 0 aliphatic rings. The van der Waals surface area contributed by atoms with Crippen molar-refractivity contribution in [3.05, 3.63) is 47.4 Å². The number of carbonyl (C=O) groups is 1. The molecule has 2 aromatic rings. The lowest BCUT2D eigenvalue weighted by Gasteiger charge is -2.04. The minimum absolute atomic E-state index is 0.365. The van der Waals surface area contributed by atoms with Crippen LogP contribution in [-0.4, -0.2) is 30.2 Å². The van der Waals surface area contributed by atoms with Gasteiger partial charge in [0, 0.05) is 31.0 Å². The van der Waals surface area contributed by atoms with Gasteiger partial charge in [0.1, 0.15) is 5.69 Å². The monoisotopic (exact) mass is 275 g/mol. The van der Waals surface area contributed by atoms with Gasteiger partial charge >= 0.3 is 5.97 Å². The summed E-state index contributed by atoms with van der Waals surface area (Å²) in [7, 11) is 2.95. The maximum absolute atomic E-state index is 11.3. The van der Waals surface area contributed by atoms with E-state index in [0.29, 0.717) is 24.7 Å². The van der Waals surface area contributed by atoms with Crippen molar-refractivity contribution in [1.82, 2.24) is 15.3 Å². The molecule has 0 saturated heterocycles. The van der Waals surface area contributed by atoms with Crippen LogP contribution in [0.2, 0.25) is 0 Å². The summed E-state index contributed by atoms with van der Waals surface area (Å²) in [6.07, 6.45) is 1.76. The van der Waals surface area contributed by atoms with E-state index in [1.54, 1.807) is 19.4 Å². The van der Waals surface area contributed by atoms with E-state index in [9.17, 15) is 4.79 Å². The summed E-state index contributed by atoms with van der Waals surface area (Å²) in [5, 5.41) is 3.26. The molecule has 0 aliphatic carbocycles. The van der Waals surface area contributed by atoms with Gasteiger partial charge in [0.25, 0.3) is 0 Å². The van der Waals surface area contributed by atoms with Crippen molar-refractivity contribution in [1.29, 1.82) is 0 Å². The average molecular weight is 275 g/mol. The maximum Gasteiger partial charge on any atom is 0.354 e. The van der Waals surface area contributed by atoms with Crippen LogP contribution in [0.3, 0.4) is 0 Å². The zero-order valence-corrected chi connectivity index (χ0v) is 11.5. The molecule has 106 valence electrons. The molecule has 0 atom stereocenters. The van der Waals surface area contributed by atoms with Crippen LogP contribution in [0.15, 0.2) is 30.5 Å². The van der Waals surface area contributed by atoms with Crippen molar-refractivity contribution in [3.8, 4) is 5.88 Å². The molecule has 0 aromatic carbocycles. The number of rotatable bonds is 6. The van der Waals surface area contributed by atoms with Gasteiger partial charge in [0.2, 0.25) is 5.88 Å². The zero-order valence-electron chi connectivity index (χ0n) is 11.5. The molecule has 2 aromatic heterocycles. The number of carbonyl (C=O) groups excluding carboxylic acids is 1. The third kappa shape index (κ3) is 3.58. The minimum atomic E-state index is -0.365. The first-order chi connectivity index (χ1) is 9.72. The molecule has 0 aliphatic heterocycles. The highest BCUT2D eigenvalue weighted by Crippen LogP contribution is 2.07. The van der Waals surface area contributed by atoms with Crippen LogP contribution in [-0.2, 0) is 17.8 Å². The lowest BCUT2D eigenvalue weighted by Crippen LogP contribution is -2.13. The third-order valence-corrected chi connectivity index (χ3v) is 2.80. The smallest absolute Gasteiger partial charge is 0.354 e. The van der Waals surface area contributed by atoms with E-state index < -0.39 is 0 Å². The van der Waals surface area contributed by atoms with Crippen LogP contribution < -0.4 is 10.1 Å². The van der Waals surface area contributed by atoms with Gasteiger partial charge in [-0.05, 0) is 17.7 Å². The predicted molar refractivity (Wildman–Crippen MR) is 73.5 cm³/mol. The molecule has 2 rings (SSSR count). The zero-order chi connectivity index (χ0) is 14.4. The lowest BCUT2D eigenvalue weighted by molar-refractivity contribution is 0.0594. The van der Waals surface area contributed by atoms with Crippen molar-refractivity contribution in [2.45, 2.75) is 13.1 Å². The number of esters is 1. The highest BCUT2D eigenvalue weighted by molar-refractivity contribution is 5.87. The van der Waals surface area contributed by atoms with Gasteiger partial charge in [-0.3, -0.25) is 0 Å². The van der Waals surface area contributed by atoms with Gasteiger partial charge in [-0.2, -0.15) is 0 Å². The second-order valence-electron chi connectivity index (χ2n) is 4.20. The van der Waals surface area contributed by atoms with Crippen molar-refractivity contribution in [2.24, 2.45) is 0 Å². The van der Waals surface area contributed by atoms with E-state index in [4.69, 9.17) is 4.74 Å². The average Bonchev–Trinajstić information content (AvgIpc) is 2.96. The van der Waals surface area contributed by atoms with Crippen molar-refractivity contribution in [2.75, 3.05) is 14.2 Å². The number of pyridine rings is 1. The number of hydrogen-bond donors (Lipinski definition) is 2. The van der Waals surface area contributed by atoms with Crippen molar-refractivity contribution >= 4 is 5.97 Å². The number of aromatic amines is 1. The fourth-order valence-corrected chi connectivity index (χ4v) is 1.75. The Bertz CT molecular complexity index is 563. The second-order valence-corrected chi connectivity index (χ2v) is 4.20. The standard InChI is InChI=1S/C14H17N3O3/c1-19-13-6-3-10(8-16-13)7-15-9-11-4-5-12(17-11)14(18)20-2/h3-6,8,15,17H,7,9H2,1-2H3. The number of hydrogen-bond acceptors (Lipinski definition) is 5. The summed E-state index contributed by atoms with van der Waals surface area (Å²) < 4.78 is 9.63. The summed E-state index contributed by atoms with van der Waals surface area (Å²) in [6.45, 7) is 1.31. The summed E-state index contributed by atoms with van der Waals surface area (Å²) in [5.74, 6) is 0.233. The number of H-pyrrole nitrogens is 1. The molecule has 0 amide bonds. The number of nitrogens with zero attached hydrogens (tertiary/aromatic N) is 1. The first-order valence-corrected chi connectivity index (χ1v) is 6.18. The van der Waals surface area contributed by atoms with Gasteiger partial charge in [-0.25, -0.2) is 9.78 Å². The first-order valence-electron chi connectivity index (χ1n) is 6.18. The fourth-order valence-electron chi connectivity index (χ4n) is 1.75. The highest BCUT2D eigenvalue weighted by atomic mass is 16.5. The number of aromatic nitrogens is 2. The van der Waals surface area contributed by atoms with Gasteiger partial charge < -0.3 is 19.8 Å². The van der Waals surface area contributed by atoms with Crippen LogP contribution in [0.5, 0.6) is 5.88 Å². The van der Waals surface area contributed by atoms with E-state index in [1.165, 1.54) is 7.11 Å². The van der Waals surface area contributed by atoms with E-state index >= 15 is 0 Å². The van der Waals surface area contributed by atoms with Crippen LogP contribution in [0.1, 0.15) is 21.7 Å². The van der Waals surface area contributed by atoms with Gasteiger partial charge in [-0.15, -0.1) is 0 Å². The third-order valence-electron chi connectivity index (χ3n) is 2.80.